The van der Waals surface area contributed by atoms with Crippen LogP contribution in [0.5, 0.6) is 12.0 Å². The highest BCUT2D eigenvalue weighted by molar-refractivity contribution is 7.86. The van der Waals surface area contributed by atoms with Crippen LogP contribution in [-0.4, -0.2) is 63.4 Å². The molecule has 4 aromatic carbocycles. The molecule has 0 aliphatic heterocycles. The maximum atomic E-state index is 12.5. The quantitative estimate of drug-likeness (QED) is 0.0476. The molecule has 0 aliphatic carbocycles. The van der Waals surface area contributed by atoms with Gasteiger partial charge in [-0.25, -0.2) is 0 Å². The zero-order chi connectivity index (χ0) is 36.5. The molecule has 5 N–H and O–H groups in total. The zero-order valence-corrected chi connectivity index (χ0v) is 28.4. The van der Waals surface area contributed by atoms with Gasteiger partial charge in [-0.15, -0.1) is 0 Å². The van der Waals surface area contributed by atoms with E-state index in [4.69, 9.17) is 9.47 Å². The van der Waals surface area contributed by atoms with Gasteiger partial charge in [-0.3, -0.25) is 9.35 Å². The van der Waals surface area contributed by atoms with Crippen molar-refractivity contribution in [2.75, 3.05) is 35.5 Å². The molecule has 52 heavy (non-hydrogen) atoms. The Bertz CT molecular complexity index is 2350. The summed E-state index contributed by atoms with van der Waals surface area (Å²) < 4.78 is 45.5. The molecular weight excluding hydrogens is 689 g/mol. The third-order valence-electron chi connectivity index (χ3n) is 7.11. The molecular formula is C35H30N10O6S. The summed E-state index contributed by atoms with van der Waals surface area (Å²) >= 11 is 0. The summed E-state index contributed by atoms with van der Waals surface area (Å²) in [5, 5.41) is 12.1. The lowest BCUT2D eigenvalue weighted by Crippen LogP contribution is -2.07. The second-order valence-electron chi connectivity index (χ2n) is 10.7. The number of methoxy groups -OCH3 is 2. The van der Waals surface area contributed by atoms with E-state index in [0.29, 0.717) is 17.5 Å². The van der Waals surface area contributed by atoms with Crippen LogP contribution in [0.2, 0.25) is 0 Å². The number of carbonyl (C=O) groups is 1. The largest absolute Gasteiger partial charge is 0.467 e. The minimum absolute atomic E-state index is 0.00975. The van der Waals surface area contributed by atoms with Crippen molar-refractivity contribution >= 4 is 75.1 Å². The van der Waals surface area contributed by atoms with Crippen LogP contribution in [0.4, 0.5) is 46.5 Å². The first kappa shape index (κ1) is 34.9. The molecule has 6 rings (SSSR count). The highest BCUT2D eigenvalue weighted by Gasteiger charge is 2.17. The van der Waals surface area contributed by atoms with E-state index < -0.39 is 15.0 Å². The summed E-state index contributed by atoms with van der Waals surface area (Å²) in [7, 11) is -1.86. The molecule has 6 aromatic rings. The van der Waals surface area contributed by atoms with Crippen LogP contribution in [0.25, 0.3) is 12.2 Å². The number of ether oxygens (including phenoxy) is 2. The number of carbonyl (C=O) groups excluding carboxylic acids is 1. The van der Waals surface area contributed by atoms with Gasteiger partial charge in [0.25, 0.3) is 10.1 Å². The van der Waals surface area contributed by atoms with Crippen molar-refractivity contribution in [3.05, 3.63) is 114 Å². The average Bonchev–Trinajstić information content (AvgIpc) is 3.14. The third-order valence-corrected chi connectivity index (χ3v) is 8.02. The van der Waals surface area contributed by atoms with E-state index in [1.165, 1.54) is 32.4 Å². The molecule has 0 atom stereocenters. The van der Waals surface area contributed by atoms with E-state index in [0.717, 1.165) is 11.4 Å². The van der Waals surface area contributed by atoms with Crippen LogP contribution in [0.15, 0.2) is 102 Å². The summed E-state index contributed by atoms with van der Waals surface area (Å²) in [5.41, 5.74) is 3.14. The second kappa shape index (κ2) is 15.7. The highest BCUT2D eigenvalue weighted by Crippen LogP contribution is 2.27. The van der Waals surface area contributed by atoms with E-state index in [-0.39, 0.29) is 52.6 Å². The number of benzene rings is 4. The summed E-state index contributed by atoms with van der Waals surface area (Å²) in [5.74, 6) is 0.638. The first-order valence-electron chi connectivity index (χ1n) is 15.4. The van der Waals surface area contributed by atoms with E-state index in [9.17, 15) is 17.8 Å². The molecule has 0 aliphatic rings. The maximum absolute atomic E-state index is 12.5. The van der Waals surface area contributed by atoms with Gasteiger partial charge in [0.1, 0.15) is 4.90 Å². The van der Waals surface area contributed by atoms with Gasteiger partial charge in [0.05, 0.1) is 14.2 Å². The molecule has 16 nitrogen and oxygen atoms in total. The molecule has 0 amide bonds. The lowest BCUT2D eigenvalue weighted by Gasteiger charge is -2.11. The Balaban J connectivity index is 1.22. The van der Waals surface area contributed by atoms with E-state index >= 15 is 0 Å². The molecule has 0 radical (unpaired) electrons. The Kier molecular flexibility index (Phi) is 10.5. The number of nitrogens with zero attached hydrogens (tertiary/aromatic N) is 6. The summed E-state index contributed by atoms with van der Waals surface area (Å²) in [6.45, 7) is 0. The van der Waals surface area contributed by atoms with Crippen LogP contribution < -0.4 is 30.7 Å². The first-order valence-corrected chi connectivity index (χ1v) is 16.8. The smallest absolute Gasteiger partial charge is 0.322 e. The Hall–Kier alpha value is -6.98. The minimum atomic E-state index is -4.70. The van der Waals surface area contributed by atoms with Gasteiger partial charge in [-0.1, -0.05) is 60.7 Å². The van der Waals surface area contributed by atoms with Crippen LogP contribution in [0.1, 0.15) is 21.5 Å². The molecule has 0 spiro atoms. The molecule has 2 heterocycles. The summed E-state index contributed by atoms with van der Waals surface area (Å²) in [6, 6.07) is 27.8. The maximum Gasteiger partial charge on any atom is 0.322 e. The van der Waals surface area contributed by atoms with Gasteiger partial charge in [-0.05, 0) is 59.7 Å². The third kappa shape index (κ3) is 8.97. The highest BCUT2D eigenvalue weighted by atomic mass is 32.2. The van der Waals surface area contributed by atoms with E-state index in [1.807, 2.05) is 60.7 Å². The van der Waals surface area contributed by atoms with Gasteiger partial charge in [-0.2, -0.15) is 38.3 Å². The van der Waals surface area contributed by atoms with Crippen molar-refractivity contribution in [2.24, 2.45) is 0 Å². The number of aldehydes is 1. The SMILES string of the molecule is COc1nc(Nc2ccccc2)nc(Nc2ccc(/C=C/c3ccc(Nc4nc(Nc5ccccc5)nc(OC)n4)cc3S(=O)(=O)O)c(C=O)c2)n1. The van der Waals surface area contributed by atoms with Crippen LogP contribution in [0, 0.1) is 0 Å². The molecule has 0 saturated heterocycles. The molecule has 0 unspecified atom stereocenters. The van der Waals surface area contributed by atoms with Crippen molar-refractivity contribution in [3.8, 4) is 12.0 Å². The van der Waals surface area contributed by atoms with Gasteiger partial charge >= 0.3 is 12.0 Å². The molecule has 2 aromatic heterocycles. The fourth-order valence-corrected chi connectivity index (χ4v) is 5.45. The molecule has 17 heteroatoms. The standard InChI is InChI=1S/C35H30N10O6S/c1-50-34-42-30(36-25-9-5-3-6-10-25)40-32(44-34)38-27-17-15-22(24(19-27)21-46)13-14-23-16-18-28(20-29(23)52(47,48)49)39-33-41-31(43-35(45-33)51-2)37-26-11-7-4-8-12-26/h3-21H,1-2H3,(H,47,48,49)(H2,36,38,40,42,44)(H2,37,39,41,43,45)/b14-13+. The van der Waals surface area contributed by atoms with Gasteiger partial charge < -0.3 is 30.7 Å². The fourth-order valence-electron chi connectivity index (χ4n) is 4.74. The number of hydrogen-bond acceptors (Lipinski definition) is 15. The topological polar surface area (TPSA) is 215 Å². The predicted octanol–water partition coefficient (Wildman–Crippen LogP) is 6.28. The average molecular weight is 719 g/mol. The summed E-state index contributed by atoms with van der Waals surface area (Å²) in [4.78, 5) is 37.3. The number of nitrogens with one attached hydrogen (secondary N) is 4. The fraction of sp³-hybridized carbons (Fsp3) is 0.0571. The normalized spacial score (nSPS) is 11.1. The minimum Gasteiger partial charge on any atom is -0.467 e. The van der Waals surface area contributed by atoms with Gasteiger partial charge in [0, 0.05) is 28.3 Å². The lowest BCUT2D eigenvalue weighted by molar-refractivity contribution is 0.112. The molecule has 262 valence electrons. The Morgan fingerprint density at radius 3 is 1.40 bits per heavy atom. The van der Waals surface area contributed by atoms with Gasteiger partial charge in [0.15, 0.2) is 6.29 Å². The van der Waals surface area contributed by atoms with E-state index in [1.54, 1.807) is 30.3 Å². The van der Waals surface area contributed by atoms with Crippen LogP contribution in [0.3, 0.4) is 0 Å². The molecule has 0 bridgehead atoms. The van der Waals surface area contributed by atoms with Crippen molar-refractivity contribution in [2.45, 2.75) is 4.90 Å². The Morgan fingerprint density at radius 2 is 0.962 bits per heavy atom. The lowest BCUT2D eigenvalue weighted by atomic mass is 10.1. The van der Waals surface area contributed by atoms with Crippen molar-refractivity contribution in [3.63, 3.8) is 0 Å². The van der Waals surface area contributed by atoms with Crippen molar-refractivity contribution in [1.82, 2.24) is 29.9 Å². The van der Waals surface area contributed by atoms with Crippen molar-refractivity contribution in [1.29, 1.82) is 0 Å². The molecule has 0 saturated carbocycles. The molecule has 0 fully saturated rings. The number of hydrogen-bond donors (Lipinski definition) is 5. The van der Waals surface area contributed by atoms with Crippen LogP contribution >= 0.6 is 0 Å². The first-order chi connectivity index (χ1) is 25.2. The number of aromatic nitrogens is 6. The predicted molar refractivity (Wildman–Crippen MR) is 196 cm³/mol. The number of para-hydroxylation sites is 2. The second-order valence-corrected chi connectivity index (χ2v) is 12.1. The van der Waals surface area contributed by atoms with E-state index in [2.05, 4.69) is 51.2 Å². The number of rotatable bonds is 14. The van der Waals surface area contributed by atoms with Gasteiger partial charge in [0.2, 0.25) is 23.8 Å². The van der Waals surface area contributed by atoms with Crippen molar-refractivity contribution < 1.29 is 27.2 Å². The Morgan fingerprint density at radius 1 is 0.538 bits per heavy atom. The Labute approximate surface area is 297 Å². The number of anilines is 8. The van der Waals surface area contributed by atoms with Crippen LogP contribution in [-0.2, 0) is 10.1 Å². The zero-order valence-electron chi connectivity index (χ0n) is 27.5. The monoisotopic (exact) mass is 718 g/mol. The summed E-state index contributed by atoms with van der Waals surface area (Å²) in [6.07, 6.45) is 3.67.